The Bertz CT molecular complexity index is 1040. The molecule has 0 atom stereocenters. The lowest BCUT2D eigenvalue weighted by Crippen LogP contribution is -2.20. The standard InChI is InChI=1S/C21H20N6O/c22-20(28)8-12-27-15-24-25-21(27)17-3-1-5-19(13-17)26-11-2-4-18(14-26)16-6-9-23-10-7-16/h1-7,9-11,13,15H,8,12,14H2,(H2,22,28). The van der Waals surface area contributed by atoms with E-state index in [1.54, 1.807) is 18.7 Å². The van der Waals surface area contributed by atoms with Gasteiger partial charge in [0.25, 0.3) is 0 Å². The van der Waals surface area contributed by atoms with Crippen molar-refractivity contribution in [2.75, 3.05) is 11.4 Å². The average molecular weight is 372 g/mol. The van der Waals surface area contributed by atoms with Gasteiger partial charge in [-0.25, -0.2) is 0 Å². The molecule has 1 aliphatic heterocycles. The number of aryl methyl sites for hydroxylation is 1. The first-order valence-electron chi connectivity index (χ1n) is 9.01. The number of pyridine rings is 1. The number of nitrogens with two attached hydrogens (primary N) is 1. The highest BCUT2D eigenvalue weighted by molar-refractivity contribution is 5.75. The van der Waals surface area contributed by atoms with Crippen LogP contribution in [-0.4, -0.2) is 32.2 Å². The normalized spacial score (nSPS) is 13.4. The van der Waals surface area contributed by atoms with Gasteiger partial charge in [-0.05, 0) is 41.5 Å². The molecule has 0 aliphatic carbocycles. The first-order valence-corrected chi connectivity index (χ1v) is 9.01. The highest BCUT2D eigenvalue weighted by atomic mass is 16.1. The van der Waals surface area contributed by atoms with Gasteiger partial charge in [0.2, 0.25) is 5.91 Å². The van der Waals surface area contributed by atoms with Crippen LogP contribution >= 0.6 is 0 Å². The molecule has 0 spiro atoms. The van der Waals surface area contributed by atoms with Gasteiger partial charge >= 0.3 is 0 Å². The lowest BCUT2D eigenvalue weighted by Gasteiger charge is -2.25. The molecule has 3 aromatic rings. The minimum absolute atomic E-state index is 0.250. The molecule has 0 unspecified atom stereocenters. The van der Waals surface area contributed by atoms with Gasteiger partial charge in [0.15, 0.2) is 5.82 Å². The quantitative estimate of drug-likeness (QED) is 0.718. The van der Waals surface area contributed by atoms with Crippen LogP contribution in [0.2, 0.25) is 0 Å². The summed E-state index contributed by atoms with van der Waals surface area (Å²) in [7, 11) is 0. The Kier molecular flexibility index (Phi) is 4.97. The Morgan fingerprint density at radius 1 is 1.14 bits per heavy atom. The molecule has 0 saturated carbocycles. The minimum atomic E-state index is -0.345. The Morgan fingerprint density at radius 3 is 2.82 bits per heavy atom. The predicted octanol–water partition coefficient (Wildman–Crippen LogP) is 2.63. The number of nitrogens with zero attached hydrogens (tertiary/aromatic N) is 5. The zero-order chi connectivity index (χ0) is 19.3. The number of primary amides is 1. The third-order valence-electron chi connectivity index (χ3n) is 4.61. The van der Waals surface area contributed by atoms with Gasteiger partial charge in [0, 0.05) is 49.4 Å². The second-order valence-corrected chi connectivity index (χ2v) is 6.51. The number of benzene rings is 1. The van der Waals surface area contributed by atoms with E-state index in [4.69, 9.17) is 5.73 Å². The van der Waals surface area contributed by atoms with E-state index in [-0.39, 0.29) is 12.3 Å². The summed E-state index contributed by atoms with van der Waals surface area (Å²) in [6.07, 6.45) is 11.7. The van der Waals surface area contributed by atoms with Crippen LogP contribution in [0.25, 0.3) is 17.0 Å². The number of carbonyl (C=O) groups excluding carboxylic acids is 1. The number of amides is 1. The fourth-order valence-electron chi connectivity index (χ4n) is 3.18. The molecule has 2 aromatic heterocycles. The molecule has 0 fully saturated rings. The van der Waals surface area contributed by atoms with E-state index in [9.17, 15) is 4.79 Å². The molecule has 1 aliphatic rings. The van der Waals surface area contributed by atoms with Gasteiger partial charge in [0.05, 0.1) is 0 Å². The first kappa shape index (κ1) is 17.7. The van der Waals surface area contributed by atoms with Crippen molar-refractivity contribution in [1.82, 2.24) is 19.7 Å². The van der Waals surface area contributed by atoms with E-state index < -0.39 is 0 Å². The van der Waals surface area contributed by atoms with Crippen LogP contribution in [0.1, 0.15) is 12.0 Å². The van der Waals surface area contributed by atoms with E-state index in [0.29, 0.717) is 12.4 Å². The van der Waals surface area contributed by atoms with Crippen LogP contribution in [-0.2, 0) is 11.3 Å². The highest BCUT2D eigenvalue weighted by Gasteiger charge is 2.14. The largest absolute Gasteiger partial charge is 0.370 e. The van der Waals surface area contributed by atoms with Crippen LogP contribution in [0, 0.1) is 0 Å². The van der Waals surface area contributed by atoms with E-state index in [2.05, 4.69) is 44.5 Å². The van der Waals surface area contributed by atoms with Gasteiger partial charge in [-0.15, -0.1) is 10.2 Å². The lowest BCUT2D eigenvalue weighted by atomic mass is 10.0. The number of hydrogen-bond acceptors (Lipinski definition) is 5. The van der Waals surface area contributed by atoms with E-state index in [1.165, 1.54) is 5.57 Å². The van der Waals surface area contributed by atoms with Gasteiger partial charge in [-0.2, -0.15) is 0 Å². The molecule has 0 radical (unpaired) electrons. The van der Waals surface area contributed by atoms with Crippen molar-refractivity contribution in [1.29, 1.82) is 0 Å². The minimum Gasteiger partial charge on any atom is -0.370 e. The summed E-state index contributed by atoms with van der Waals surface area (Å²) in [6.45, 7) is 1.22. The molecule has 1 aromatic carbocycles. The maximum Gasteiger partial charge on any atom is 0.219 e. The van der Waals surface area contributed by atoms with E-state index >= 15 is 0 Å². The number of carbonyl (C=O) groups is 1. The maximum atomic E-state index is 11.1. The number of anilines is 1. The molecule has 7 nitrogen and oxygen atoms in total. The fraction of sp³-hybridized carbons (Fsp3) is 0.143. The third-order valence-corrected chi connectivity index (χ3v) is 4.61. The zero-order valence-electron chi connectivity index (χ0n) is 15.3. The summed E-state index contributed by atoms with van der Waals surface area (Å²) in [5.41, 5.74) is 9.64. The number of hydrogen-bond donors (Lipinski definition) is 1. The summed E-state index contributed by atoms with van der Waals surface area (Å²) in [5, 5.41) is 8.21. The predicted molar refractivity (Wildman–Crippen MR) is 108 cm³/mol. The second kappa shape index (κ2) is 7.87. The number of rotatable bonds is 6. The van der Waals surface area contributed by atoms with Crippen molar-refractivity contribution < 1.29 is 4.79 Å². The van der Waals surface area contributed by atoms with Crippen LogP contribution < -0.4 is 10.6 Å². The van der Waals surface area contributed by atoms with Crippen molar-refractivity contribution in [2.24, 2.45) is 5.73 Å². The number of aromatic nitrogens is 4. The van der Waals surface area contributed by atoms with Crippen molar-refractivity contribution in [2.45, 2.75) is 13.0 Å². The summed E-state index contributed by atoms with van der Waals surface area (Å²) in [4.78, 5) is 17.4. The fourth-order valence-corrected chi connectivity index (χ4v) is 3.18. The molecule has 7 heteroatoms. The SMILES string of the molecule is NC(=O)CCn1cnnc1-c1cccc(N2C=CC=C(c3ccncc3)C2)c1. The van der Waals surface area contributed by atoms with Gasteiger partial charge in [-0.3, -0.25) is 9.78 Å². The van der Waals surface area contributed by atoms with Gasteiger partial charge < -0.3 is 15.2 Å². The number of allylic oxidation sites excluding steroid dienone is 2. The monoisotopic (exact) mass is 372 g/mol. The summed E-state index contributed by atoms with van der Waals surface area (Å²) in [6, 6.07) is 12.2. The summed E-state index contributed by atoms with van der Waals surface area (Å²) in [5.74, 6) is 0.372. The van der Waals surface area contributed by atoms with Gasteiger partial charge in [-0.1, -0.05) is 18.2 Å². The Morgan fingerprint density at radius 2 is 2.00 bits per heavy atom. The topological polar surface area (TPSA) is 89.9 Å². The highest BCUT2D eigenvalue weighted by Crippen LogP contribution is 2.27. The molecular formula is C21H20N6O. The van der Waals surface area contributed by atoms with Crippen molar-refractivity contribution in [3.8, 4) is 11.4 Å². The van der Waals surface area contributed by atoms with Crippen LogP contribution in [0.4, 0.5) is 5.69 Å². The Balaban J connectivity index is 1.57. The van der Waals surface area contributed by atoms with Gasteiger partial charge in [0.1, 0.15) is 6.33 Å². The van der Waals surface area contributed by atoms with Crippen LogP contribution in [0.15, 0.2) is 73.5 Å². The van der Waals surface area contributed by atoms with Crippen molar-refractivity contribution >= 4 is 17.2 Å². The van der Waals surface area contributed by atoms with Crippen molar-refractivity contribution in [3.05, 3.63) is 79.0 Å². The van der Waals surface area contributed by atoms with Crippen LogP contribution in [0.5, 0.6) is 0 Å². The molecule has 3 heterocycles. The van der Waals surface area contributed by atoms with Crippen molar-refractivity contribution in [3.63, 3.8) is 0 Å². The Labute approximate surface area is 162 Å². The average Bonchev–Trinajstić information content (AvgIpc) is 3.22. The first-order chi connectivity index (χ1) is 13.7. The maximum absolute atomic E-state index is 11.1. The molecule has 2 N–H and O–H groups in total. The lowest BCUT2D eigenvalue weighted by molar-refractivity contribution is -0.118. The van der Waals surface area contributed by atoms with Crippen LogP contribution in [0.3, 0.4) is 0 Å². The molecule has 1 amide bonds. The second-order valence-electron chi connectivity index (χ2n) is 6.51. The summed E-state index contributed by atoms with van der Waals surface area (Å²) >= 11 is 0. The zero-order valence-corrected chi connectivity index (χ0v) is 15.3. The van der Waals surface area contributed by atoms with E-state index in [1.807, 2.05) is 34.9 Å². The molecule has 28 heavy (non-hydrogen) atoms. The Hall–Kier alpha value is -3.74. The summed E-state index contributed by atoms with van der Waals surface area (Å²) < 4.78 is 1.85. The molecule has 140 valence electrons. The van der Waals surface area contributed by atoms with E-state index in [0.717, 1.165) is 23.4 Å². The molecule has 0 saturated heterocycles. The molecular weight excluding hydrogens is 352 g/mol. The smallest absolute Gasteiger partial charge is 0.219 e. The third kappa shape index (κ3) is 3.83. The molecule has 0 bridgehead atoms. The molecule has 4 rings (SSSR count).